The van der Waals surface area contributed by atoms with Crippen molar-refractivity contribution in [3.63, 3.8) is 0 Å². The first-order valence-electron chi connectivity index (χ1n) is 12.7. The number of carbonyl (C=O) groups is 2. The number of methoxy groups -OCH3 is 1. The van der Waals surface area contributed by atoms with Gasteiger partial charge < -0.3 is 15.0 Å². The summed E-state index contributed by atoms with van der Waals surface area (Å²) in [6.45, 7) is 2.66. The van der Waals surface area contributed by atoms with Gasteiger partial charge in [-0.15, -0.1) is 0 Å². The van der Waals surface area contributed by atoms with Crippen LogP contribution in [0, 0.1) is 0 Å². The number of hydrogen-bond acceptors (Lipinski definition) is 5. The van der Waals surface area contributed by atoms with Crippen molar-refractivity contribution in [3.05, 3.63) is 53.6 Å². The number of anilines is 1. The Kier molecular flexibility index (Phi) is 8.64. The van der Waals surface area contributed by atoms with Gasteiger partial charge in [0.1, 0.15) is 5.75 Å². The molecular weight excluding hydrogens is 478 g/mol. The van der Waals surface area contributed by atoms with Crippen LogP contribution in [-0.2, 0) is 21.2 Å². The van der Waals surface area contributed by atoms with Crippen LogP contribution in [0.15, 0.2) is 47.4 Å². The van der Waals surface area contributed by atoms with Crippen LogP contribution in [0.2, 0.25) is 0 Å². The van der Waals surface area contributed by atoms with E-state index in [9.17, 15) is 18.0 Å². The Bertz CT molecular complexity index is 1170. The molecule has 2 aliphatic heterocycles. The van der Waals surface area contributed by atoms with Gasteiger partial charge in [0.25, 0.3) is 5.91 Å². The highest BCUT2D eigenvalue weighted by molar-refractivity contribution is 7.89. The quantitative estimate of drug-likeness (QED) is 0.574. The van der Waals surface area contributed by atoms with E-state index in [4.69, 9.17) is 4.74 Å². The van der Waals surface area contributed by atoms with E-state index in [-0.39, 0.29) is 23.1 Å². The molecule has 0 saturated carbocycles. The molecule has 2 heterocycles. The predicted octanol–water partition coefficient (Wildman–Crippen LogP) is 4.07. The maximum Gasteiger partial charge on any atom is 0.253 e. The summed E-state index contributed by atoms with van der Waals surface area (Å²) in [6.07, 6.45) is 6.54. The molecule has 8 nitrogen and oxygen atoms in total. The summed E-state index contributed by atoms with van der Waals surface area (Å²) in [5.74, 6) is 0.386. The molecule has 0 aliphatic carbocycles. The fraction of sp³-hybridized carbons (Fsp3) is 0.481. The minimum atomic E-state index is -3.57. The normalized spacial score (nSPS) is 17.0. The smallest absolute Gasteiger partial charge is 0.253 e. The fourth-order valence-electron chi connectivity index (χ4n) is 4.81. The molecule has 0 unspecified atom stereocenters. The molecule has 1 N–H and O–H groups in total. The molecule has 0 aromatic heterocycles. The Hall–Kier alpha value is -2.91. The third-order valence-corrected chi connectivity index (χ3v) is 8.78. The highest BCUT2D eigenvalue weighted by Gasteiger charge is 2.26. The minimum Gasteiger partial charge on any atom is -0.496 e. The summed E-state index contributed by atoms with van der Waals surface area (Å²) in [6, 6.07) is 11.8. The number of carbonyl (C=O) groups excluding carboxylic acids is 2. The van der Waals surface area contributed by atoms with Gasteiger partial charge >= 0.3 is 0 Å². The van der Waals surface area contributed by atoms with Crippen molar-refractivity contribution in [1.82, 2.24) is 9.21 Å². The van der Waals surface area contributed by atoms with Gasteiger partial charge in [-0.1, -0.05) is 6.42 Å². The Labute approximate surface area is 213 Å². The van der Waals surface area contributed by atoms with Gasteiger partial charge in [-0.3, -0.25) is 9.59 Å². The highest BCUT2D eigenvalue weighted by atomic mass is 32.2. The molecule has 194 valence electrons. The van der Waals surface area contributed by atoms with Gasteiger partial charge in [-0.25, -0.2) is 8.42 Å². The first kappa shape index (κ1) is 26.2. The van der Waals surface area contributed by atoms with E-state index >= 15 is 0 Å². The molecule has 2 fully saturated rings. The molecule has 2 aromatic rings. The first-order valence-corrected chi connectivity index (χ1v) is 14.2. The molecule has 2 aromatic carbocycles. The van der Waals surface area contributed by atoms with Crippen molar-refractivity contribution < 1.29 is 22.7 Å². The largest absolute Gasteiger partial charge is 0.496 e. The van der Waals surface area contributed by atoms with Crippen LogP contribution >= 0.6 is 0 Å². The third kappa shape index (κ3) is 6.25. The van der Waals surface area contributed by atoms with Gasteiger partial charge in [0, 0.05) is 43.9 Å². The Morgan fingerprint density at radius 2 is 1.53 bits per heavy atom. The van der Waals surface area contributed by atoms with E-state index in [1.165, 1.54) is 17.8 Å². The van der Waals surface area contributed by atoms with Gasteiger partial charge in [-0.2, -0.15) is 4.31 Å². The van der Waals surface area contributed by atoms with Crippen LogP contribution < -0.4 is 10.1 Å². The molecule has 36 heavy (non-hydrogen) atoms. The summed E-state index contributed by atoms with van der Waals surface area (Å²) >= 11 is 0. The molecule has 0 radical (unpaired) electrons. The maximum atomic E-state index is 13.1. The van der Waals surface area contributed by atoms with Crippen LogP contribution in [0.25, 0.3) is 0 Å². The number of sulfonamides is 1. The molecule has 9 heteroatoms. The van der Waals surface area contributed by atoms with Gasteiger partial charge in [0.2, 0.25) is 15.9 Å². The second kappa shape index (κ2) is 11.9. The van der Waals surface area contributed by atoms with E-state index in [1.54, 1.807) is 42.5 Å². The number of hydrogen-bond donors (Lipinski definition) is 1. The van der Waals surface area contributed by atoms with Gasteiger partial charge in [-0.05, 0) is 86.6 Å². The zero-order valence-electron chi connectivity index (χ0n) is 20.9. The van der Waals surface area contributed by atoms with Crippen molar-refractivity contribution in [2.75, 3.05) is 38.6 Å². The second-order valence-corrected chi connectivity index (χ2v) is 11.4. The Morgan fingerprint density at radius 3 is 2.17 bits per heavy atom. The standard InChI is InChI=1S/C27H35N3O5S/c1-35-25-14-13-24(36(33,34)30-18-6-3-7-19-30)20-22(25)10-15-26(31)28-23-11-8-21(9-12-23)27(32)29-16-4-2-5-17-29/h8-9,11-14,20H,2-7,10,15-19H2,1H3,(H,28,31). The molecular formula is C27H35N3O5S. The molecule has 2 amide bonds. The van der Waals surface area contributed by atoms with E-state index in [0.717, 1.165) is 45.2 Å². The zero-order chi connectivity index (χ0) is 25.5. The molecule has 2 aliphatic rings. The van der Waals surface area contributed by atoms with Gasteiger partial charge in [0.05, 0.1) is 12.0 Å². The summed E-state index contributed by atoms with van der Waals surface area (Å²) in [5.41, 5.74) is 1.91. The lowest BCUT2D eigenvalue weighted by Gasteiger charge is -2.26. The summed E-state index contributed by atoms with van der Waals surface area (Å²) in [5, 5.41) is 2.86. The van der Waals surface area contributed by atoms with Gasteiger partial charge in [0.15, 0.2) is 0 Å². The maximum absolute atomic E-state index is 13.1. The lowest BCUT2D eigenvalue weighted by atomic mass is 10.1. The van der Waals surface area contributed by atoms with E-state index in [0.29, 0.717) is 42.1 Å². The van der Waals surface area contributed by atoms with Crippen LogP contribution in [0.4, 0.5) is 5.69 Å². The highest BCUT2D eigenvalue weighted by Crippen LogP contribution is 2.27. The number of amides is 2. The average molecular weight is 514 g/mol. The lowest BCUT2D eigenvalue weighted by Crippen LogP contribution is -2.35. The minimum absolute atomic E-state index is 0.0269. The summed E-state index contributed by atoms with van der Waals surface area (Å²) in [7, 11) is -2.04. The fourth-order valence-corrected chi connectivity index (χ4v) is 6.38. The van der Waals surface area contributed by atoms with Crippen LogP contribution in [0.1, 0.15) is 60.9 Å². The third-order valence-electron chi connectivity index (χ3n) is 6.88. The second-order valence-electron chi connectivity index (χ2n) is 9.42. The number of rotatable bonds is 8. The van der Waals surface area contributed by atoms with E-state index in [2.05, 4.69) is 5.32 Å². The lowest BCUT2D eigenvalue weighted by molar-refractivity contribution is -0.116. The molecule has 4 rings (SSSR count). The summed E-state index contributed by atoms with van der Waals surface area (Å²) in [4.78, 5) is 27.4. The number of piperidine rings is 2. The van der Waals surface area contributed by atoms with Crippen LogP contribution in [0.3, 0.4) is 0 Å². The topological polar surface area (TPSA) is 96.0 Å². The predicted molar refractivity (Wildman–Crippen MR) is 139 cm³/mol. The van der Waals surface area contributed by atoms with E-state index < -0.39 is 10.0 Å². The van der Waals surface area contributed by atoms with E-state index in [1.807, 2.05) is 4.90 Å². The van der Waals surface area contributed by atoms with Crippen LogP contribution in [0.5, 0.6) is 5.75 Å². The molecule has 0 atom stereocenters. The van der Waals surface area contributed by atoms with Crippen molar-refractivity contribution >= 4 is 27.5 Å². The number of nitrogens with one attached hydrogen (secondary N) is 1. The monoisotopic (exact) mass is 513 g/mol. The van der Waals surface area contributed by atoms with Crippen LogP contribution in [-0.4, -0.2) is 62.7 Å². The molecule has 2 saturated heterocycles. The Morgan fingerprint density at radius 1 is 0.889 bits per heavy atom. The summed E-state index contributed by atoms with van der Waals surface area (Å²) < 4.78 is 33.1. The van der Waals surface area contributed by atoms with Crippen molar-refractivity contribution in [1.29, 1.82) is 0 Å². The average Bonchev–Trinajstić information content (AvgIpc) is 2.92. The van der Waals surface area contributed by atoms with Crippen molar-refractivity contribution in [3.8, 4) is 5.75 Å². The van der Waals surface area contributed by atoms with Crippen molar-refractivity contribution in [2.45, 2.75) is 56.3 Å². The molecule has 0 spiro atoms. The number of likely N-dealkylation sites (tertiary alicyclic amines) is 1. The number of ether oxygens (including phenoxy) is 1. The number of nitrogens with zero attached hydrogens (tertiary/aromatic N) is 2. The molecule has 0 bridgehead atoms. The SMILES string of the molecule is COc1ccc(S(=O)(=O)N2CCCCC2)cc1CCC(=O)Nc1ccc(C(=O)N2CCCCC2)cc1. The number of aryl methyl sites for hydroxylation is 1. The first-order chi connectivity index (χ1) is 17.4. The number of benzene rings is 2. The Balaban J connectivity index is 1.37. The van der Waals surface area contributed by atoms with Crippen molar-refractivity contribution in [2.24, 2.45) is 0 Å². The zero-order valence-corrected chi connectivity index (χ0v) is 21.7.